The molecular formula is C22H27N3O7. The molecule has 172 valence electrons. The van der Waals surface area contributed by atoms with E-state index in [0.717, 1.165) is 5.69 Å². The quantitative estimate of drug-likeness (QED) is 0.461. The number of nitrogens with zero attached hydrogens (tertiary/aromatic N) is 2. The number of nitro groups is 1. The second-order valence-corrected chi connectivity index (χ2v) is 6.88. The summed E-state index contributed by atoms with van der Waals surface area (Å²) in [6.45, 7) is 7.24. The van der Waals surface area contributed by atoms with Gasteiger partial charge in [-0.15, -0.1) is 0 Å². The van der Waals surface area contributed by atoms with Crippen LogP contribution in [0.2, 0.25) is 0 Å². The lowest BCUT2D eigenvalue weighted by Crippen LogP contribution is -2.36. The van der Waals surface area contributed by atoms with Gasteiger partial charge in [0.05, 0.1) is 49.8 Å². The number of amides is 1. The first-order chi connectivity index (χ1) is 15.5. The molecular weight excluding hydrogens is 418 g/mol. The highest BCUT2D eigenvalue weighted by atomic mass is 16.6. The van der Waals surface area contributed by atoms with Crippen LogP contribution in [0.25, 0.3) is 0 Å². The van der Waals surface area contributed by atoms with Crippen LogP contribution in [-0.4, -0.2) is 57.5 Å². The van der Waals surface area contributed by atoms with Crippen molar-refractivity contribution in [3.63, 3.8) is 0 Å². The van der Waals surface area contributed by atoms with Gasteiger partial charge in [0.1, 0.15) is 11.5 Å². The summed E-state index contributed by atoms with van der Waals surface area (Å²) in [6.07, 6.45) is 0. The van der Waals surface area contributed by atoms with Crippen LogP contribution in [0.15, 0.2) is 30.3 Å². The van der Waals surface area contributed by atoms with Gasteiger partial charge in [0.2, 0.25) is 0 Å². The fourth-order valence-electron chi connectivity index (χ4n) is 3.41. The van der Waals surface area contributed by atoms with Crippen LogP contribution in [0, 0.1) is 10.1 Å². The molecule has 1 aliphatic heterocycles. The Bertz CT molecular complexity index is 974. The molecule has 32 heavy (non-hydrogen) atoms. The van der Waals surface area contributed by atoms with E-state index in [1.165, 1.54) is 25.3 Å². The lowest BCUT2D eigenvalue weighted by atomic mass is 10.1. The molecule has 0 saturated carbocycles. The molecule has 0 bridgehead atoms. The van der Waals surface area contributed by atoms with Crippen LogP contribution in [0.3, 0.4) is 0 Å². The Morgan fingerprint density at radius 3 is 2.41 bits per heavy atom. The number of anilines is 2. The highest BCUT2D eigenvalue weighted by Crippen LogP contribution is 2.39. The largest absolute Gasteiger partial charge is 0.492 e. The molecule has 2 aromatic rings. The number of benzene rings is 2. The molecule has 2 aromatic carbocycles. The molecule has 0 atom stereocenters. The van der Waals surface area contributed by atoms with Crippen molar-refractivity contribution in [2.45, 2.75) is 13.8 Å². The molecule has 1 aliphatic rings. The summed E-state index contributed by atoms with van der Waals surface area (Å²) in [5, 5.41) is 14.1. The first-order valence-corrected chi connectivity index (χ1v) is 10.4. The topological polar surface area (TPSA) is 112 Å². The van der Waals surface area contributed by atoms with Crippen molar-refractivity contribution in [2.24, 2.45) is 0 Å². The number of hydrogen-bond donors (Lipinski definition) is 1. The molecule has 1 fully saturated rings. The van der Waals surface area contributed by atoms with Crippen LogP contribution in [0.1, 0.15) is 24.2 Å². The summed E-state index contributed by atoms with van der Waals surface area (Å²) < 4.78 is 22.1. The summed E-state index contributed by atoms with van der Waals surface area (Å²) >= 11 is 0. The summed E-state index contributed by atoms with van der Waals surface area (Å²) in [5.41, 5.74) is 1.10. The molecule has 0 aromatic heterocycles. The highest BCUT2D eigenvalue weighted by molar-refractivity contribution is 6.06. The van der Waals surface area contributed by atoms with E-state index in [0.29, 0.717) is 56.7 Å². The number of carbonyl (C=O) groups is 1. The molecule has 1 saturated heterocycles. The van der Waals surface area contributed by atoms with Crippen molar-refractivity contribution in [3.8, 4) is 17.2 Å². The van der Waals surface area contributed by atoms with Gasteiger partial charge in [-0.3, -0.25) is 14.9 Å². The summed E-state index contributed by atoms with van der Waals surface area (Å²) in [6, 6.07) is 7.60. The van der Waals surface area contributed by atoms with E-state index in [4.69, 9.17) is 18.9 Å². The molecule has 10 heteroatoms. The molecule has 0 aliphatic carbocycles. The monoisotopic (exact) mass is 445 g/mol. The van der Waals surface area contributed by atoms with Crippen molar-refractivity contribution in [3.05, 3.63) is 46.0 Å². The van der Waals surface area contributed by atoms with E-state index in [1.807, 2.05) is 19.9 Å². The number of hydrogen-bond acceptors (Lipinski definition) is 8. The SMILES string of the molecule is CCOc1cc(N2CCOCC2)c(OCC)cc1NC(=O)c1ccc(OC)c([N+](=O)[O-])c1. The summed E-state index contributed by atoms with van der Waals surface area (Å²) in [5.74, 6) is 0.649. The molecule has 0 radical (unpaired) electrons. The number of rotatable bonds is 9. The number of morpholine rings is 1. The Morgan fingerprint density at radius 2 is 1.78 bits per heavy atom. The van der Waals surface area contributed by atoms with Crippen LogP contribution in [0.5, 0.6) is 17.2 Å². The van der Waals surface area contributed by atoms with E-state index in [-0.39, 0.29) is 17.0 Å². The highest BCUT2D eigenvalue weighted by Gasteiger charge is 2.22. The predicted octanol–water partition coefficient (Wildman–Crippen LogP) is 3.49. The van der Waals surface area contributed by atoms with Gasteiger partial charge in [-0.25, -0.2) is 0 Å². The number of methoxy groups -OCH3 is 1. The van der Waals surface area contributed by atoms with Crippen LogP contribution < -0.4 is 24.4 Å². The Kier molecular flexibility index (Phi) is 7.72. The molecule has 1 N–H and O–H groups in total. The van der Waals surface area contributed by atoms with Crippen molar-refractivity contribution in [2.75, 3.05) is 56.8 Å². The molecule has 10 nitrogen and oxygen atoms in total. The Hall–Kier alpha value is -3.53. The molecule has 3 rings (SSSR count). The average molecular weight is 445 g/mol. The third-order valence-corrected chi connectivity index (χ3v) is 4.90. The second kappa shape index (κ2) is 10.7. The smallest absolute Gasteiger partial charge is 0.311 e. The maximum absolute atomic E-state index is 12.9. The zero-order chi connectivity index (χ0) is 23.1. The minimum absolute atomic E-state index is 0.0788. The number of carbonyl (C=O) groups excluding carboxylic acids is 1. The van der Waals surface area contributed by atoms with E-state index in [9.17, 15) is 14.9 Å². The number of nitrogens with one attached hydrogen (secondary N) is 1. The number of nitro benzene ring substituents is 1. The Balaban J connectivity index is 1.95. The number of ether oxygens (including phenoxy) is 4. The fourth-order valence-corrected chi connectivity index (χ4v) is 3.41. The molecule has 0 spiro atoms. The van der Waals surface area contributed by atoms with Gasteiger partial charge in [0, 0.05) is 36.9 Å². The van der Waals surface area contributed by atoms with Crippen LogP contribution in [-0.2, 0) is 4.74 Å². The fraction of sp³-hybridized carbons (Fsp3) is 0.409. The van der Waals surface area contributed by atoms with Crippen LogP contribution in [0.4, 0.5) is 17.1 Å². The van der Waals surface area contributed by atoms with Gasteiger partial charge in [0.15, 0.2) is 5.75 Å². The first kappa shape index (κ1) is 23.1. The second-order valence-electron chi connectivity index (χ2n) is 6.88. The van der Waals surface area contributed by atoms with Gasteiger partial charge in [-0.05, 0) is 26.0 Å². The van der Waals surface area contributed by atoms with Gasteiger partial charge in [-0.1, -0.05) is 0 Å². The minimum Gasteiger partial charge on any atom is -0.492 e. The third kappa shape index (κ3) is 5.20. The zero-order valence-electron chi connectivity index (χ0n) is 18.4. The Morgan fingerprint density at radius 1 is 1.09 bits per heavy atom. The molecule has 1 amide bonds. The lowest BCUT2D eigenvalue weighted by molar-refractivity contribution is -0.385. The van der Waals surface area contributed by atoms with E-state index in [2.05, 4.69) is 10.2 Å². The zero-order valence-corrected chi connectivity index (χ0v) is 18.4. The van der Waals surface area contributed by atoms with Gasteiger partial charge >= 0.3 is 5.69 Å². The normalized spacial score (nSPS) is 13.4. The van der Waals surface area contributed by atoms with E-state index < -0.39 is 10.8 Å². The van der Waals surface area contributed by atoms with Gasteiger partial charge < -0.3 is 29.2 Å². The maximum Gasteiger partial charge on any atom is 0.311 e. The predicted molar refractivity (Wildman–Crippen MR) is 119 cm³/mol. The molecule has 1 heterocycles. The summed E-state index contributed by atoms with van der Waals surface area (Å²) in [7, 11) is 1.34. The van der Waals surface area contributed by atoms with Gasteiger partial charge in [-0.2, -0.15) is 0 Å². The van der Waals surface area contributed by atoms with Crippen molar-refractivity contribution in [1.29, 1.82) is 0 Å². The van der Waals surface area contributed by atoms with Gasteiger partial charge in [0.25, 0.3) is 5.91 Å². The van der Waals surface area contributed by atoms with Crippen LogP contribution >= 0.6 is 0 Å². The molecule has 0 unspecified atom stereocenters. The third-order valence-electron chi connectivity index (χ3n) is 4.90. The summed E-state index contributed by atoms with van der Waals surface area (Å²) in [4.78, 5) is 25.8. The first-order valence-electron chi connectivity index (χ1n) is 10.4. The standard InChI is InChI=1S/C22H27N3O7/c1-4-31-20-14-17(24-8-10-30-11-9-24)21(32-5-2)13-16(20)23-22(26)15-6-7-19(29-3)18(12-15)25(27)28/h6-7,12-14H,4-5,8-11H2,1-3H3,(H,23,26). The lowest BCUT2D eigenvalue weighted by Gasteiger charge is -2.31. The van der Waals surface area contributed by atoms with Crippen molar-refractivity contribution in [1.82, 2.24) is 0 Å². The minimum atomic E-state index is -0.592. The van der Waals surface area contributed by atoms with Crippen molar-refractivity contribution >= 4 is 23.0 Å². The van der Waals surface area contributed by atoms with Crippen molar-refractivity contribution < 1.29 is 28.7 Å². The van der Waals surface area contributed by atoms with E-state index >= 15 is 0 Å². The average Bonchev–Trinajstić information content (AvgIpc) is 2.80. The van der Waals surface area contributed by atoms with E-state index in [1.54, 1.807) is 6.07 Å². The Labute approximate surface area is 186 Å². The maximum atomic E-state index is 12.9.